The molecule has 3 rings (SSSR count). The van der Waals surface area contributed by atoms with E-state index in [4.69, 9.17) is 5.73 Å². The van der Waals surface area contributed by atoms with Crippen LogP contribution in [0, 0.1) is 5.92 Å². The van der Waals surface area contributed by atoms with Gasteiger partial charge in [0, 0.05) is 45.5 Å². The Balaban J connectivity index is 1.50. The van der Waals surface area contributed by atoms with E-state index in [-0.39, 0.29) is 0 Å². The van der Waals surface area contributed by atoms with Gasteiger partial charge in [0.25, 0.3) is 0 Å². The average Bonchev–Trinajstić information content (AvgIpc) is 2.44. The summed E-state index contributed by atoms with van der Waals surface area (Å²) < 4.78 is 0. The zero-order valence-corrected chi connectivity index (χ0v) is 11.6. The van der Waals surface area contributed by atoms with Gasteiger partial charge in [-0.05, 0) is 30.4 Å². The Morgan fingerprint density at radius 3 is 2.47 bits per heavy atom. The van der Waals surface area contributed by atoms with Crippen molar-refractivity contribution in [3.63, 3.8) is 0 Å². The minimum Gasteiger partial charge on any atom is -0.354 e. The Bertz CT molecular complexity index is 391. The number of aromatic nitrogens is 1. The maximum atomic E-state index is 5.60. The van der Waals surface area contributed by atoms with Crippen LogP contribution in [0.15, 0.2) is 18.3 Å². The summed E-state index contributed by atoms with van der Waals surface area (Å²) in [6, 6.07) is 4.19. The number of pyridine rings is 1. The zero-order chi connectivity index (χ0) is 13.1. The molecule has 0 atom stereocenters. The van der Waals surface area contributed by atoms with Crippen molar-refractivity contribution in [3.8, 4) is 0 Å². The molecule has 1 aliphatic carbocycles. The van der Waals surface area contributed by atoms with Crippen LogP contribution in [0.2, 0.25) is 0 Å². The molecule has 1 saturated heterocycles. The van der Waals surface area contributed by atoms with Crippen molar-refractivity contribution in [3.05, 3.63) is 23.9 Å². The van der Waals surface area contributed by atoms with Crippen LogP contribution in [-0.4, -0.2) is 42.6 Å². The number of rotatable bonds is 4. The molecule has 0 amide bonds. The Morgan fingerprint density at radius 2 is 1.95 bits per heavy atom. The molecule has 2 aliphatic rings. The van der Waals surface area contributed by atoms with Crippen LogP contribution < -0.4 is 10.6 Å². The number of hydrogen-bond acceptors (Lipinski definition) is 4. The highest BCUT2D eigenvalue weighted by Crippen LogP contribution is 2.27. The number of nitrogens with two attached hydrogens (primary N) is 1. The smallest absolute Gasteiger partial charge is 0.128 e. The van der Waals surface area contributed by atoms with Gasteiger partial charge in [0.2, 0.25) is 0 Å². The van der Waals surface area contributed by atoms with Crippen LogP contribution in [0.25, 0.3) is 0 Å². The lowest BCUT2D eigenvalue weighted by Gasteiger charge is -2.38. The Morgan fingerprint density at radius 1 is 1.16 bits per heavy atom. The normalized spacial score (nSPS) is 21.4. The molecule has 2 N–H and O–H groups in total. The third-order valence-corrected chi connectivity index (χ3v) is 4.48. The van der Waals surface area contributed by atoms with Gasteiger partial charge in [0.1, 0.15) is 5.82 Å². The molecule has 1 saturated carbocycles. The summed E-state index contributed by atoms with van der Waals surface area (Å²) in [5.74, 6) is 2.08. The predicted molar refractivity (Wildman–Crippen MR) is 78.1 cm³/mol. The lowest BCUT2D eigenvalue weighted by Crippen LogP contribution is -2.48. The van der Waals surface area contributed by atoms with Gasteiger partial charge in [-0.1, -0.05) is 12.5 Å². The van der Waals surface area contributed by atoms with Crippen molar-refractivity contribution < 1.29 is 0 Å². The van der Waals surface area contributed by atoms with Crippen LogP contribution in [-0.2, 0) is 6.54 Å². The first-order valence-corrected chi connectivity index (χ1v) is 7.47. The number of piperazine rings is 1. The zero-order valence-electron chi connectivity index (χ0n) is 11.6. The fourth-order valence-electron chi connectivity index (χ4n) is 2.92. The maximum Gasteiger partial charge on any atom is 0.128 e. The van der Waals surface area contributed by atoms with Crippen LogP contribution in [0.5, 0.6) is 0 Å². The van der Waals surface area contributed by atoms with Crippen LogP contribution in [0.1, 0.15) is 24.8 Å². The molecule has 104 valence electrons. The first kappa shape index (κ1) is 12.9. The molecule has 4 nitrogen and oxygen atoms in total. The second kappa shape index (κ2) is 5.88. The van der Waals surface area contributed by atoms with E-state index in [1.54, 1.807) is 0 Å². The molecular weight excluding hydrogens is 236 g/mol. The van der Waals surface area contributed by atoms with E-state index in [2.05, 4.69) is 26.9 Å². The van der Waals surface area contributed by atoms with Crippen molar-refractivity contribution in [2.75, 3.05) is 37.6 Å². The summed E-state index contributed by atoms with van der Waals surface area (Å²) in [7, 11) is 0. The lowest BCUT2D eigenvalue weighted by atomic mass is 9.85. The molecule has 1 aromatic rings. The molecule has 0 spiro atoms. The van der Waals surface area contributed by atoms with Gasteiger partial charge in [-0.15, -0.1) is 0 Å². The van der Waals surface area contributed by atoms with Crippen molar-refractivity contribution in [2.45, 2.75) is 25.8 Å². The molecule has 4 heteroatoms. The Labute approximate surface area is 115 Å². The van der Waals surface area contributed by atoms with E-state index in [9.17, 15) is 0 Å². The van der Waals surface area contributed by atoms with Gasteiger partial charge in [0.05, 0.1) is 0 Å². The van der Waals surface area contributed by atoms with Gasteiger partial charge in [-0.25, -0.2) is 4.98 Å². The molecule has 1 aromatic heterocycles. The SMILES string of the molecule is NCc1ccc(N2CCN(CC3CCC3)CC2)nc1. The highest BCUT2D eigenvalue weighted by molar-refractivity contribution is 5.39. The first-order chi connectivity index (χ1) is 9.35. The molecular formula is C15H24N4. The van der Waals surface area contributed by atoms with Crippen LogP contribution in [0.3, 0.4) is 0 Å². The lowest BCUT2D eigenvalue weighted by molar-refractivity contribution is 0.170. The van der Waals surface area contributed by atoms with Crippen molar-refractivity contribution in [1.29, 1.82) is 0 Å². The third kappa shape index (κ3) is 3.07. The monoisotopic (exact) mass is 260 g/mol. The minimum absolute atomic E-state index is 0.572. The first-order valence-electron chi connectivity index (χ1n) is 7.47. The van der Waals surface area contributed by atoms with Gasteiger partial charge < -0.3 is 10.6 Å². The molecule has 0 radical (unpaired) electrons. The fraction of sp³-hybridized carbons (Fsp3) is 0.667. The summed E-state index contributed by atoms with van der Waals surface area (Å²) in [6.45, 7) is 6.44. The molecule has 2 heterocycles. The van der Waals surface area contributed by atoms with E-state index < -0.39 is 0 Å². The van der Waals surface area contributed by atoms with Crippen LogP contribution >= 0.6 is 0 Å². The summed E-state index contributed by atoms with van der Waals surface area (Å²) in [5.41, 5.74) is 6.71. The average molecular weight is 260 g/mol. The second-order valence-electron chi connectivity index (χ2n) is 5.81. The minimum atomic E-state index is 0.572. The van der Waals surface area contributed by atoms with Crippen LogP contribution in [0.4, 0.5) is 5.82 Å². The Hall–Kier alpha value is -1.13. The molecule has 1 aliphatic heterocycles. The summed E-state index contributed by atoms with van der Waals surface area (Å²) >= 11 is 0. The summed E-state index contributed by atoms with van der Waals surface area (Å²) in [6.07, 6.45) is 6.24. The van der Waals surface area contributed by atoms with Crippen molar-refractivity contribution in [1.82, 2.24) is 9.88 Å². The standard InChI is InChI=1S/C15H24N4/c16-10-14-4-5-15(17-11-14)19-8-6-18(7-9-19)12-13-2-1-3-13/h4-5,11,13H,1-3,6-10,12,16H2. The molecule has 0 aromatic carbocycles. The highest BCUT2D eigenvalue weighted by atomic mass is 15.3. The van der Waals surface area contributed by atoms with E-state index in [0.717, 1.165) is 30.4 Å². The van der Waals surface area contributed by atoms with Gasteiger partial charge in [-0.3, -0.25) is 4.90 Å². The van der Waals surface area contributed by atoms with Crippen molar-refractivity contribution in [2.24, 2.45) is 11.7 Å². The van der Waals surface area contributed by atoms with E-state index in [1.807, 2.05) is 6.20 Å². The summed E-state index contributed by atoms with van der Waals surface area (Å²) in [5, 5.41) is 0. The topological polar surface area (TPSA) is 45.4 Å². The summed E-state index contributed by atoms with van der Waals surface area (Å²) in [4.78, 5) is 9.52. The number of hydrogen-bond donors (Lipinski definition) is 1. The van der Waals surface area contributed by atoms with E-state index >= 15 is 0 Å². The van der Waals surface area contributed by atoms with E-state index in [0.29, 0.717) is 6.54 Å². The Kier molecular flexibility index (Phi) is 3.99. The molecule has 0 bridgehead atoms. The van der Waals surface area contributed by atoms with Gasteiger partial charge >= 0.3 is 0 Å². The fourth-order valence-corrected chi connectivity index (χ4v) is 2.92. The number of nitrogens with zero attached hydrogens (tertiary/aromatic N) is 3. The number of anilines is 1. The quantitative estimate of drug-likeness (QED) is 0.890. The molecule has 2 fully saturated rings. The predicted octanol–water partition coefficient (Wildman–Crippen LogP) is 1.46. The third-order valence-electron chi connectivity index (χ3n) is 4.48. The van der Waals surface area contributed by atoms with Gasteiger partial charge in [-0.2, -0.15) is 0 Å². The second-order valence-corrected chi connectivity index (χ2v) is 5.81. The maximum absolute atomic E-state index is 5.60. The largest absolute Gasteiger partial charge is 0.354 e. The van der Waals surface area contributed by atoms with Gasteiger partial charge in [0.15, 0.2) is 0 Å². The van der Waals surface area contributed by atoms with E-state index in [1.165, 1.54) is 38.9 Å². The highest BCUT2D eigenvalue weighted by Gasteiger charge is 2.23. The van der Waals surface area contributed by atoms with Crippen molar-refractivity contribution >= 4 is 5.82 Å². The molecule has 19 heavy (non-hydrogen) atoms. The molecule has 0 unspecified atom stereocenters.